The second-order valence-corrected chi connectivity index (χ2v) is 9.31. The normalized spacial score (nSPS) is 11.0. The smallest absolute Gasteiger partial charge is 0.168 e. The molecular formula is C31H35N3O2. The minimum atomic E-state index is 0.0550. The standard InChI is InChI=1S/C31H35N3O2/c1-4-5-6-7-8-9-21-36-27-12-10-11-26(28(27)35)31-33-29(24-17-13-22(2)14-18-24)32-30(34-31)25-19-15-23(3)16-20-25/h10-20,35H,4-9,21H2,1-3H3. The highest BCUT2D eigenvalue weighted by Crippen LogP contribution is 2.37. The first-order valence-corrected chi connectivity index (χ1v) is 12.9. The Morgan fingerprint density at radius 1 is 0.639 bits per heavy atom. The quantitative estimate of drug-likeness (QED) is 0.220. The van der Waals surface area contributed by atoms with Crippen molar-refractivity contribution in [2.24, 2.45) is 0 Å². The highest BCUT2D eigenvalue weighted by Gasteiger charge is 2.17. The molecule has 0 aliphatic heterocycles. The molecule has 0 fully saturated rings. The topological polar surface area (TPSA) is 68.1 Å². The molecule has 0 atom stereocenters. The summed E-state index contributed by atoms with van der Waals surface area (Å²) in [5, 5.41) is 11.1. The Morgan fingerprint density at radius 2 is 1.17 bits per heavy atom. The Bertz CT molecular complexity index is 1200. The fourth-order valence-electron chi connectivity index (χ4n) is 4.04. The van der Waals surface area contributed by atoms with Crippen LogP contribution in [0.3, 0.4) is 0 Å². The number of benzene rings is 3. The van der Waals surface area contributed by atoms with Gasteiger partial charge >= 0.3 is 0 Å². The van der Waals surface area contributed by atoms with E-state index in [1.54, 1.807) is 6.07 Å². The van der Waals surface area contributed by atoms with Crippen LogP contribution in [0.5, 0.6) is 11.5 Å². The Balaban J connectivity index is 1.64. The number of para-hydroxylation sites is 1. The number of aryl methyl sites for hydroxylation is 2. The van der Waals surface area contributed by atoms with Crippen molar-refractivity contribution in [1.29, 1.82) is 0 Å². The number of hydrogen-bond acceptors (Lipinski definition) is 5. The molecule has 0 spiro atoms. The molecule has 5 nitrogen and oxygen atoms in total. The van der Waals surface area contributed by atoms with Crippen LogP contribution in [0, 0.1) is 13.8 Å². The summed E-state index contributed by atoms with van der Waals surface area (Å²) in [4.78, 5) is 14.3. The Kier molecular flexibility index (Phi) is 8.66. The zero-order valence-corrected chi connectivity index (χ0v) is 21.5. The van der Waals surface area contributed by atoms with Gasteiger partial charge in [-0.3, -0.25) is 0 Å². The van der Waals surface area contributed by atoms with Crippen molar-refractivity contribution < 1.29 is 9.84 Å². The molecule has 0 aliphatic rings. The summed E-state index contributed by atoms with van der Waals surface area (Å²) in [5.41, 5.74) is 4.65. The highest BCUT2D eigenvalue weighted by atomic mass is 16.5. The first kappa shape index (κ1) is 25.4. The van der Waals surface area contributed by atoms with Crippen LogP contribution in [0.1, 0.15) is 56.6 Å². The Morgan fingerprint density at radius 3 is 1.75 bits per heavy atom. The molecular weight excluding hydrogens is 446 g/mol. The molecule has 0 unspecified atom stereocenters. The van der Waals surface area contributed by atoms with Crippen molar-refractivity contribution in [3.8, 4) is 45.7 Å². The lowest BCUT2D eigenvalue weighted by atomic mass is 10.1. The van der Waals surface area contributed by atoms with Crippen LogP contribution < -0.4 is 4.74 Å². The van der Waals surface area contributed by atoms with E-state index in [1.807, 2.05) is 60.7 Å². The van der Waals surface area contributed by atoms with Gasteiger partial charge in [0, 0.05) is 11.1 Å². The minimum Gasteiger partial charge on any atom is -0.504 e. The second kappa shape index (κ2) is 12.3. The molecule has 0 bridgehead atoms. The molecule has 0 radical (unpaired) electrons. The molecule has 1 aromatic heterocycles. The number of ether oxygens (including phenoxy) is 1. The molecule has 1 N–H and O–H groups in total. The molecule has 0 amide bonds. The van der Waals surface area contributed by atoms with Crippen LogP contribution >= 0.6 is 0 Å². The lowest BCUT2D eigenvalue weighted by Gasteiger charge is -2.12. The number of phenolic OH excluding ortho intramolecular Hbond substituents is 1. The largest absolute Gasteiger partial charge is 0.504 e. The summed E-state index contributed by atoms with van der Waals surface area (Å²) in [6, 6.07) is 21.7. The van der Waals surface area contributed by atoms with Gasteiger partial charge in [-0.05, 0) is 32.4 Å². The van der Waals surface area contributed by atoms with Gasteiger partial charge in [0.25, 0.3) is 0 Å². The van der Waals surface area contributed by atoms with Crippen molar-refractivity contribution in [1.82, 2.24) is 15.0 Å². The van der Waals surface area contributed by atoms with Crippen molar-refractivity contribution in [3.63, 3.8) is 0 Å². The van der Waals surface area contributed by atoms with Gasteiger partial charge in [0.1, 0.15) is 0 Å². The van der Waals surface area contributed by atoms with Crippen LogP contribution in [-0.2, 0) is 0 Å². The van der Waals surface area contributed by atoms with Gasteiger partial charge in [-0.1, -0.05) is 105 Å². The Hall–Kier alpha value is -3.73. The predicted octanol–water partition coefficient (Wildman–Crippen LogP) is 7.93. The van der Waals surface area contributed by atoms with E-state index in [9.17, 15) is 5.11 Å². The van der Waals surface area contributed by atoms with E-state index in [4.69, 9.17) is 19.7 Å². The van der Waals surface area contributed by atoms with Crippen LogP contribution in [0.4, 0.5) is 0 Å². The number of nitrogens with zero attached hydrogens (tertiary/aromatic N) is 3. The molecule has 1 heterocycles. The average Bonchev–Trinajstić information content (AvgIpc) is 2.89. The van der Waals surface area contributed by atoms with E-state index in [0.717, 1.165) is 24.0 Å². The molecule has 3 aromatic carbocycles. The molecule has 0 aliphatic carbocycles. The van der Waals surface area contributed by atoms with Crippen LogP contribution in [0.25, 0.3) is 34.2 Å². The molecule has 4 aromatic rings. The molecule has 186 valence electrons. The van der Waals surface area contributed by atoms with E-state index in [0.29, 0.717) is 35.4 Å². The maximum absolute atomic E-state index is 11.1. The third kappa shape index (κ3) is 6.48. The van der Waals surface area contributed by atoms with Gasteiger partial charge in [-0.2, -0.15) is 0 Å². The molecule has 0 saturated heterocycles. The third-order valence-corrected chi connectivity index (χ3v) is 6.25. The average molecular weight is 482 g/mol. The van der Waals surface area contributed by atoms with Gasteiger partial charge in [-0.25, -0.2) is 15.0 Å². The number of rotatable bonds is 11. The monoisotopic (exact) mass is 481 g/mol. The van der Waals surface area contributed by atoms with Gasteiger partial charge in [-0.15, -0.1) is 0 Å². The molecule has 4 rings (SSSR count). The zero-order valence-electron chi connectivity index (χ0n) is 21.5. The minimum absolute atomic E-state index is 0.0550. The lowest BCUT2D eigenvalue weighted by molar-refractivity contribution is 0.289. The van der Waals surface area contributed by atoms with Crippen LogP contribution in [-0.4, -0.2) is 26.7 Å². The first-order valence-electron chi connectivity index (χ1n) is 12.9. The van der Waals surface area contributed by atoms with Crippen molar-refractivity contribution in [2.75, 3.05) is 6.61 Å². The summed E-state index contributed by atoms with van der Waals surface area (Å²) < 4.78 is 5.94. The van der Waals surface area contributed by atoms with Gasteiger partial charge in [0.15, 0.2) is 29.0 Å². The number of aromatic hydroxyl groups is 1. The summed E-state index contributed by atoms with van der Waals surface area (Å²) in [6.45, 7) is 6.90. The van der Waals surface area contributed by atoms with Crippen molar-refractivity contribution >= 4 is 0 Å². The maximum atomic E-state index is 11.1. The van der Waals surface area contributed by atoms with E-state index < -0.39 is 0 Å². The first-order chi connectivity index (χ1) is 17.5. The number of aromatic nitrogens is 3. The summed E-state index contributed by atoms with van der Waals surface area (Å²) in [5.74, 6) is 2.05. The number of unbranched alkanes of at least 4 members (excludes halogenated alkanes) is 5. The number of hydrogen-bond donors (Lipinski definition) is 1. The maximum Gasteiger partial charge on any atom is 0.168 e. The van der Waals surface area contributed by atoms with Gasteiger partial charge < -0.3 is 9.84 Å². The summed E-state index contributed by atoms with van der Waals surface area (Å²) in [6.07, 6.45) is 7.11. The summed E-state index contributed by atoms with van der Waals surface area (Å²) >= 11 is 0. The molecule has 5 heteroatoms. The van der Waals surface area contributed by atoms with Gasteiger partial charge in [0.05, 0.1) is 12.2 Å². The zero-order chi connectivity index (χ0) is 25.3. The molecule has 36 heavy (non-hydrogen) atoms. The SMILES string of the molecule is CCCCCCCCOc1cccc(-c2nc(-c3ccc(C)cc3)nc(-c3ccc(C)cc3)n2)c1O. The van der Waals surface area contributed by atoms with Crippen molar-refractivity contribution in [3.05, 3.63) is 77.9 Å². The Labute approximate surface area is 214 Å². The summed E-state index contributed by atoms with van der Waals surface area (Å²) in [7, 11) is 0. The highest BCUT2D eigenvalue weighted by molar-refractivity contribution is 5.72. The lowest BCUT2D eigenvalue weighted by Crippen LogP contribution is -2.02. The van der Waals surface area contributed by atoms with E-state index in [1.165, 1.54) is 36.8 Å². The number of phenols is 1. The van der Waals surface area contributed by atoms with Crippen molar-refractivity contribution in [2.45, 2.75) is 59.3 Å². The fraction of sp³-hybridized carbons (Fsp3) is 0.323. The fourth-order valence-corrected chi connectivity index (χ4v) is 4.04. The third-order valence-electron chi connectivity index (χ3n) is 6.25. The van der Waals surface area contributed by atoms with E-state index in [2.05, 4.69) is 20.8 Å². The van der Waals surface area contributed by atoms with Gasteiger partial charge in [0.2, 0.25) is 0 Å². The van der Waals surface area contributed by atoms with Crippen LogP contribution in [0.15, 0.2) is 66.7 Å². The molecule has 0 saturated carbocycles. The van der Waals surface area contributed by atoms with Crippen LogP contribution in [0.2, 0.25) is 0 Å². The second-order valence-electron chi connectivity index (χ2n) is 9.31. The van der Waals surface area contributed by atoms with E-state index in [-0.39, 0.29) is 5.75 Å². The van der Waals surface area contributed by atoms with E-state index >= 15 is 0 Å². The predicted molar refractivity (Wildman–Crippen MR) is 146 cm³/mol.